The molecule has 1 saturated heterocycles. The Morgan fingerprint density at radius 2 is 1.27 bits per heavy atom. The van der Waals surface area contributed by atoms with Gasteiger partial charge in [0.1, 0.15) is 0 Å². The average Bonchev–Trinajstić information content (AvgIpc) is 2.79. The number of hydrogen-bond acceptors (Lipinski definition) is 2. The molecule has 196 valence electrons. The van der Waals surface area contributed by atoms with Gasteiger partial charge in [-0.15, -0.1) is 0 Å². The Morgan fingerprint density at radius 3 is 1.91 bits per heavy atom. The Balaban J connectivity index is 1.56. The highest BCUT2D eigenvalue weighted by atomic mass is 16.5. The second kappa shape index (κ2) is 17.4. The summed E-state index contributed by atoms with van der Waals surface area (Å²) in [6, 6.07) is 0. The zero-order chi connectivity index (χ0) is 23.8. The van der Waals surface area contributed by atoms with E-state index in [0.29, 0.717) is 11.5 Å². The Morgan fingerprint density at radius 1 is 0.727 bits per heavy atom. The summed E-state index contributed by atoms with van der Waals surface area (Å²) in [6.45, 7) is 14.4. The summed E-state index contributed by atoms with van der Waals surface area (Å²) in [6.07, 6.45) is 27.2. The molecule has 1 heterocycles. The van der Waals surface area contributed by atoms with E-state index in [9.17, 15) is 0 Å². The zero-order valence-electron chi connectivity index (χ0n) is 23.4. The molecule has 0 aromatic carbocycles. The van der Waals surface area contributed by atoms with E-state index in [0.717, 1.165) is 18.4 Å². The minimum absolute atomic E-state index is 0.574. The summed E-state index contributed by atoms with van der Waals surface area (Å²) >= 11 is 0. The van der Waals surface area contributed by atoms with Gasteiger partial charge in [-0.05, 0) is 68.9 Å². The molecule has 2 aliphatic rings. The lowest BCUT2D eigenvalue weighted by Crippen LogP contribution is -2.50. The molecule has 2 fully saturated rings. The lowest BCUT2D eigenvalue weighted by molar-refractivity contribution is -0.107. The molecular weight excluding hydrogens is 402 g/mol. The lowest BCUT2D eigenvalue weighted by atomic mass is 9.61. The van der Waals surface area contributed by atoms with Gasteiger partial charge in [-0.2, -0.15) is 0 Å². The maximum Gasteiger partial charge on any atom is 0.0585 e. The summed E-state index contributed by atoms with van der Waals surface area (Å²) < 4.78 is 6.42. The number of piperidine rings is 1. The molecule has 1 spiro atoms. The van der Waals surface area contributed by atoms with Crippen molar-refractivity contribution < 1.29 is 4.74 Å². The molecule has 2 nitrogen and oxygen atoms in total. The minimum Gasteiger partial charge on any atom is -0.378 e. The molecule has 0 radical (unpaired) electrons. The van der Waals surface area contributed by atoms with Crippen molar-refractivity contribution in [1.29, 1.82) is 0 Å². The Hall–Kier alpha value is -0.0800. The maximum atomic E-state index is 6.42. The highest BCUT2D eigenvalue weighted by Crippen LogP contribution is 2.50. The van der Waals surface area contributed by atoms with Crippen LogP contribution >= 0.6 is 0 Å². The molecule has 1 aliphatic heterocycles. The molecule has 2 heteroatoms. The van der Waals surface area contributed by atoms with Crippen LogP contribution in [0.5, 0.6) is 0 Å². The van der Waals surface area contributed by atoms with Gasteiger partial charge in [0.2, 0.25) is 0 Å². The normalized spacial score (nSPS) is 20.7. The fourth-order valence-electron chi connectivity index (χ4n) is 6.47. The van der Waals surface area contributed by atoms with Gasteiger partial charge in [0.25, 0.3) is 0 Å². The predicted molar refractivity (Wildman–Crippen MR) is 146 cm³/mol. The number of unbranched alkanes of at least 4 members (excludes halogenated alkanes) is 8. The first kappa shape index (κ1) is 29.2. The SMILES string of the molecule is CCCCCCCC(CCCCC)CCOC1CC2(CCN(CC(C)CCCCC)CC2)C1. The molecule has 2 rings (SSSR count). The predicted octanol–water partition coefficient (Wildman–Crippen LogP) is 9.41. The first-order chi connectivity index (χ1) is 16.1. The van der Waals surface area contributed by atoms with Gasteiger partial charge in [0, 0.05) is 13.2 Å². The second-order valence-electron chi connectivity index (χ2n) is 12.2. The standard InChI is InChI=1S/C31H61NO/c1-5-8-11-12-15-18-29(17-14-10-7-3)19-24-33-30-25-31(26-30)20-22-32(23-21-31)27-28(4)16-13-9-6-2/h28-30H,5-27H2,1-4H3. The van der Waals surface area contributed by atoms with Crippen LogP contribution in [0.1, 0.15) is 150 Å². The van der Waals surface area contributed by atoms with Crippen LogP contribution in [0.15, 0.2) is 0 Å². The van der Waals surface area contributed by atoms with E-state index in [1.807, 2.05) is 0 Å². The topological polar surface area (TPSA) is 12.5 Å². The highest BCUT2D eigenvalue weighted by molar-refractivity contribution is 4.98. The van der Waals surface area contributed by atoms with Crippen LogP contribution in [0.3, 0.4) is 0 Å². The molecule has 0 N–H and O–H groups in total. The Kier molecular flexibility index (Phi) is 15.3. The smallest absolute Gasteiger partial charge is 0.0585 e. The van der Waals surface area contributed by atoms with Crippen molar-refractivity contribution in [2.45, 2.75) is 156 Å². The number of ether oxygens (including phenoxy) is 1. The van der Waals surface area contributed by atoms with Crippen molar-refractivity contribution in [1.82, 2.24) is 4.90 Å². The number of rotatable bonds is 20. The summed E-state index contributed by atoms with van der Waals surface area (Å²) in [5, 5.41) is 0. The maximum absolute atomic E-state index is 6.42. The van der Waals surface area contributed by atoms with Gasteiger partial charge in [0.05, 0.1) is 6.10 Å². The van der Waals surface area contributed by atoms with Crippen molar-refractivity contribution in [2.75, 3.05) is 26.2 Å². The van der Waals surface area contributed by atoms with Crippen molar-refractivity contribution in [2.24, 2.45) is 17.3 Å². The zero-order valence-corrected chi connectivity index (χ0v) is 23.4. The molecule has 0 bridgehead atoms. The Bertz CT molecular complexity index is 448. The van der Waals surface area contributed by atoms with Gasteiger partial charge in [-0.25, -0.2) is 0 Å². The van der Waals surface area contributed by atoms with E-state index in [1.54, 1.807) is 0 Å². The van der Waals surface area contributed by atoms with Gasteiger partial charge in [-0.3, -0.25) is 0 Å². The van der Waals surface area contributed by atoms with Gasteiger partial charge in [-0.1, -0.05) is 111 Å². The van der Waals surface area contributed by atoms with E-state index >= 15 is 0 Å². The summed E-state index contributed by atoms with van der Waals surface area (Å²) in [5.41, 5.74) is 0.645. The van der Waals surface area contributed by atoms with Gasteiger partial charge >= 0.3 is 0 Å². The van der Waals surface area contributed by atoms with Gasteiger partial charge < -0.3 is 9.64 Å². The van der Waals surface area contributed by atoms with Crippen LogP contribution < -0.4 is 0 Å². The lowest BCUT2D eigenvalue weighted by Gasteiger charge is -2.52. The van der Waals surface area contributed by atoms with E-state index in [2.05, 4.69) is 32.6 Å². The quantitative estimate of drug-likeness (QED) is 0.167. The molecule has 1 saturated carbocycles. The minimum atomic E-state index is 0.574. The summed E-state index contributed by atoms with van der Waals surface area (Å²) in [4.78, 5) is 2.76. The van der Waals surface area contributed by atoms with Crippen LogP contribution in [0, 0.1) is 17.3 Å². The molecular formula is C31H61NO. The van der Waals surface area contributed by atoms with Crippen LogP contribution in [0.25, 0.3) is 0 Å². The first-order valence-electron chi connectivity index (χ1n) is 15.4. The number of nitrogens with zero attached hydrogens (tertiary/aromatic N) is 1. The van der Waals surface area contributed by atoms with Crippen LogP contribution in [-0.4, -0.2) is 37.2 Å². The third-order valence-corrected chi connectivity index (χ3v) is 8.92. The number of likely N-dealkylation sites (tertiary alicyclic amines) is 1. The molecule has 1 aliphatic carbocycles. The second-order valence-corrected chi connectivity index (χ2v) is 12.2. The highest BCUT2D eigenvalue weighted by Gasteiger charge is 2.46. The first-order valence-corrected chi connectivity index (χ1v) is 15.4. The van der Waals surface area contributed by atoms with Crippen LogP contribution in [0.4, 0.5) is 0 Å². The third kappa shape index (κ3) is 11.9. The monoisotopic (exact) mass is 463 g/mol. The molecule has 0 aromatic rings. The van der Waals surface area contributed by atoms with Crippen molar-refractivity contribution in [3.05, 3.63) is 0 Å². The van der Waals surface area contributed by atoms with Crippen molar-refractivity contribution in [3.8, 4) is 0 Å². The summed E-state index contributed by atoms with van der Waals surface area (Å²) in [7, 11) is 0. The molecule has 2 unspecified atom stereocenters. The van der Waals surface area contributed by atoms with Crippen LogP contribution in [-0.2, 0) is 4.74 Å². The fraction of sp³-hybridized carbons (Fsp3) is 1.00. The van der Waals surface area contributed by atoms with E-state index in [4.69, 9.17) is 4.74 Å². The van der Waals surface area contributed by atoms with Crippen molar-refractivity contribution >= 4 is 0 Å². The van der Waals surface area contributed by atoms with E-state index < -0.39 is 0 Å². The Labute approximate surface area is 209 Å². The average molecular weight is 464 g/mol. The molecule has 2 atom stereocenters. The summed E-state index contributed by atoms with van der Waals surface area (Å²) in [5.74, 6) is 1.79. The van der Waals surface area contributed by atoms with Crippen molar-refractivity contribution in [3.63, 3.8) is 0 Å². The van der Waals surface area contributed by atoms with Crippen LogP contribution in [0.2, 0.25) is 0 Å². The number of hydrogen-bond donors (Lipinski definition) is 0. The van der Waals surface area contributed by atoms with E-state index in [1.165, 1.54) is 142 Å². The molecule has 33 heavy (non-hydrogen) atoms. The largest absolute Gasteiger partial charge is 0.378 e. The molecule has 0 aromatic heterocycles. The third-order valence-electron chi connectivity index (χ3n) is 8.92. The van der Waals surface area contributed by atoms with Gasteiger partial charge in [0.15, 0.2) is 0 Å². The fourth-order valence-corrected chi connectivity index (χ4v) is 6.47. The van der Waals surface area contributed by atoms with E-state index in [-0.39, 0.29) is 0 Å². The molecule has 0 amide bonds.